The van der Waals surface area contributed by atoms with Gasteiger partial charge in [0.15, 0.2) is 0 Å². The average Bonchev–Trinajstić information content (AvgIpc) is 4.03. The molecule has 2 saturated heterocycles. The number of imide groups is 2. The van der Waals surface area contributed by atoms with Crippen LogP contribution in [0.5, 0.6) is 5.75 Å². The molecule has 0 bridgehead atoms. The summed E-state index contributed by atoms with van der Waals surface area (Å²) in [6.45, 7) is 2.45. The standard InChI is InChI=1S/C48H46F3N11O8S/c1-24(25-6-11-29(49)12-7-25)70-37-18-27(10-15-34(37)58-71(68,69)48(50)51)41-40-42(59(2)57-41)33(20-53-43(40)52)28-19-54-61(21-28)31-13-8-26(9-14-31)45(65)60-22-30(23-60)55-35-5-3-4-32-39(35)47(67)62(46(32)66)36-16-17-38(63)56-44(36)64/h3-7,10-12,15,18-21,24,26,30-31,36,48,55,58H,8-9,13-14,16-17,22-23H2,1-2H3,(H2,52,53)(H,56,63,64)/t24-,26?,31?,36?/m0/s1. The van der Waals surface area contributed by atoms with Gasteiger partial charge in [-0.2, -0.15) is 19.0 Å². The van der Waals surface area contributed by atoms with Crippen LogP contribution in [0.3, 0.4) is 0 Å². The summed E-state index contributed by atoms with van der Waals surface area (Å²) in [4.78, 5) is 72.0. The summed E-state index contributed by atoms with van der Waals surface area (Å²) < 4.78 is 76.7. The third kappa shape index (κ3) is 8.67. The van der Waals surface area contributed by atoms with Crippen molar-refractivity contribution >= 4 is 67.7 Å². The van der Waals surface area contributed by atoms with Crippen LogP contribution in [0.15, 0.2) is 79.3 Å². The topological polar surface area (TPSA) is 246 Å². The molecule has 1 aliphatic carbocycles. The highest BCUT2D eigenvalue weighted by Gasteiger charge is 2.46. The van der Waals surface area contributed by atoms with Gasteiger partial charge in [-0.1, -0.05) is 24.3 Å². The number of nitrogens with two attached hydrogens (primary N) is 1. The van der Waals surface area contributed by atoms with Crippen LogP contribution >= 0.6 is 0 Å². The molecule has 19 nitrogen and oxygen atoms in total. The molecule has 0 spiro atoms. The Labute approximate surface area is 403 Å². The Kier molecular flexibility index (Phi) is 12.0. The molecule has 1 unspecified atom stereocenters. The first-order valence-electron chi connectivity index (χ1n) is 22.9. The molecule has 4 aliphatic rings. The Balaban J connectivity index is 0.801. The van der Waals surface area contributed by atoms with Crippen LogP contribution < -0.4 is 25.8 Å². The fourth-order valence-electron chi connectivity index (χ4n) is 9.92. The largest absolute Gasteiger partial charge is 0.484 e. The van der Waals surface area contributed by atoms with Crippen molar-refractivity contribution in [1.82, 2.24) is 39.7 Å². The van der Waals surface area contributed by atoms with Crippen molar-refractivity contribution in [2.75, 3.05) is 28.9 Å². The number of hydrogen-bond donors (Lipinski definition) is 4. The van der Waals surface area contributed by atoms with E-state index in [0.29, 0.717) is 77.7 Å². The maximum atomic E-state index is 13.7. The SMILES string of the molecule is C[C@H](Oc1cc(-c2nn(C)c3c(-c4cnn(C5CCC(C(=O)N6CC(Nc7cccc8c7C(=O)N(C7CCC(=O)NC7=O)C8=O)C6)CC5)c4)cnc(N)c23)ccc1NS(=O)(=O)C(F)F)c1ccc(F)cc1. The van der Waals surface area contributed by atoms with E-state index in [1.54, 1.807) is 48.1 Å². The molecule has 10 rings (SSSR count). The Morgan fingerprint density at radius 3 is 2.38 bits per heavy atom. The smallest absolute Gasteiger partial charge is 0.355 e. The number of piperidine rings is 1. The molecule has 3 aromatic carbocycles. The summed E-state index contributed by atoms with van der Waals surface area (Å²) in [5.74, 6) is -6.61. The zero-order chi connectivity index (χ0) is 50.0. The number of benzene rings is 3. The number of aromatic nitrogens is 5. The van der Waals surface area contributed by atoms with Gasteiger partial charge < -0.3 is 20.7 Å². The molecule has 0 radical (unpaired) electrons. The van der Waals surface area contributed by atoms with E-state index in [1.807, 2.05) is 15.6 Å². The minimum Gasteiger partial charge on any atom is -0.484 e. The van der Waals surface area contributed by atoms with Gasteiger partial charge in [0.25, 0.3) is 21.8 Å². The van der Waals surface area contributed by atoms with Gasteiger partial charge in [0.1, 0.15) is 35.2 Å². The number of amides is 5. The van der Waals surface area contributed by atoms with Crippen LogP contribution in [-0.4, -0.2) is 103 Å². The highest BCUT2D eigenvalue weighted by molar-refractivity contribution is 7.93. The molecule has 6 heterocycles. The number of hydrogen-bond acceptors (Lipinski definition) is 13. The van der Waals surface area contributed by atoms with E-state index < -0.39 is 57.4 Å². The molecule has 5 amide bonds. The van der Waals surface area contributed by atoms with Gasteiger partial charge in [-0.15, -0.1) is 0 Å². The number of alkyl halides is 2. The number of aryl methyl sites for hydroxylation is 1. The Morgan fingerprint density at radius 1 is 0.915 bits per heavy atom. The molecule has 23 heteroatoms. The minimum atomic E-state index is -5.09. The lowest BCUT2D eigenvalue weighted by molar-refractivity contribution is -0.141. The van der Waals surface area contributed by atoms with Gasteiger partial charge in [0.2, 0.25) is 17.7 Å². The average molecular weight is 994 g/mol. The third-order valence-electron chi connectivity index (χ3n) is 13.6. The maximum absolute atomic E-state index is 13.7. The number of pyridine rings is 1. The lowest BCUT2D eigenvalue weighted by Crippen LogP contribution is -2.58. The molecule has 3 fully saturated rings. The predicted octanol–water partition coefficient (Wildman–Crippen LogP) is 5.78. The molecule has 1 saturated carbocycles. The number of sulfonamides is 1. The highest BCUT2D eigenvalue weighted by Crippen LogP contribution is 2.42. The number of ether oxygens (including phenoxy) is 1. The van der Waals surface area contributed by atoms with Crippen LogP contribution in [0.1, 0.15) is 83.9 Å². The quantitative estimate of drug-likeness (QED) is 0.100. The number of carbonyl (C=O) groups is 5. The molecule has 2 atom stereocenters. The van der Waals surface area contributed by atoms with Crippen LogP contribution in [0.2, 0.25) is 0 Å². The van der Waals surface area contributed by atoms with E-state index in [1.165, 1.54) is 48.5 Å². The number of fused-ring (bicyclic) bond motifs is 2. The first-order valence-corrected chi connectivity index (χ1v) is 24.4. The molecular weight excluding hydrogens is 948 g/mol. The van der Waals surface area contributed by atoms with Gasteiger partial charge in [0.05, 0.1) is 46.0 Å². The van der Waals surface area contributed by atoms with Crippen molar-refractivity contribution < 1.29 is 50.3 Å². The monoisotopic (exact) mass is 993 g/mol. The number of nitrogens with one attached hydrogen (secondary N) is 3. The number of carbonyl (C=O) groups excluding carboxylic acids is 5. The van der Waals surface area contributed by atoms with Gasteiger partial charge in [0, 0.05) is 67.2 Å². The van der Waals surface area contributed by atoms with Crippen LogP contribution in [0.25, 0.3) is 33.3 Å². The lowest BCUT2D eigenvalue weighted by Gasteiger charge is -2.43. The maximum Gasteiger partial charge on any atom is 0.355 e. The van der Waals surface area contributed by atoms with Crippen molar-refractivity contribution in [1.29, 1.82) is 0 Å². The summed E-state index contributed by atoms with van der Waals surface area (Å²) in [5.41, 5.74) is 10.3. The summed E-state index contributed by atoms with van der Waals surface area (Å²) in [6.07, 6.45) is 7.23. The van der Waals surface area contributed by atoms with Crippen LogP contribution in [-0.2, 0) is 31.5 Å². The Hall–Kier alpha value is -7.82. The van der Waals surface area contributed by atoms with E-state index in [4.69, 9.17) is 20.7 Å². The second kappa shape index (κ2) is 18.2. The highest BCUT2D eigenvalue weighted by atomic mass is 32.2. The molecule has 5 N–H and O–H groups in total. The number of halogens is 3. The molecule has 3 aliphatic heterocycles. The summed E-state index contributed by atoms with van der Waals surface area (Å²) in [7, 11) is -3.36. The second-order valence-corrected chi connectivity index (χ2v) is 19.8. The van der Waals surface area contributed by atoms with Crippen LogP contribution in [0, 0.1) is 11.7 Å². The first-order chi connectivity index (χ1) is 33.9. The number of anilines is 3. The van der Waals surface area contributed by atoms with Gasteiger partial charge in [-0.25, -0.2) is 17.8 Å². The number of likely N-dealkylation sites (tertiary alicyclic amines) is 1. The number of rotatable bonds is 13. The molecular formula is C48H46F3N11O8S. The Morgan fingerprint density at radius 2 is 1.66 bits per heavy atom. The van der Waals surface area contributed by atoms with E-state index in [9.17, 15) is 45.6 Å². The molecule has 6 aromatic rings. The van der Waals surface area contributed by atoms with E-state index in [2.05, 4.69) is 15.6 Å². The molecule has 3 aromatic heterocycles. The molecule has 368 valence electrons. The Bertz CT molecular complexity index is 3280. The first kappa shape index (κ1) is 46.9. The van der Waals surface area contributed by atoms with Gasteiger partial charge >= 0.3 is 5.76 Å². The number of nitrogens with zero attached hydrogens (tertiary/aromatic N) is 7. The zero-order valence-corrected chi connectivity index (χ0v) is 39.0. The van der Waals surface area contributed by atoms with Crippen molar-refractivity contribution in [2.45, 2.75) is 75.4 Å². The fourth-order valence-corrected chi connectivity index (χ4v) is 10.5. The van der Waals surface area contributed by atoms with Crippen molar-refractivity contribution in [3.8, 4) is 28.1 Å². The van der Waals surface area contributed by atoms with Crippen LogP contribution in [0.4, 0.5) is 30.4 Å². The predicted molar refractivity (Wildman–Crippen MR) is 252 cm³/mol. The summed E-state index contributed by atoms with van der Waals surface area (Å²) >= 11 is 0. The summed E-state index contributed by atoms with van der Waals surface area (Å²) in [5, 5.41) is 15.5. The minimum absolute atomic E-state index is 0.00910. The van der Waals surface area contributed by atoms with Gasteiger partial charge in [-0.05, 0) is 81.0 Å². The van der Waals surface area contributed by atoms with E-state index >= 15 is 0 Å². The summed E-state index contributed by atoms with van der Waals surface area (Å²) in [6, 6.07) is 13.3. The van der Waals surface area contributed by atoms with Gasteiger partial charge in [-0.3, -0.25) is 48.3 Å². The lowest BCUT2D eigenvalue weighted by atomic mass is 9.84. The zero-order valence-electron chi connectivity index (χ0n) is 38.1. The second-order valence-electron chi connectivity index (χ2n) is 18.2. The van der Waals surface area contributed by atoms with E-state index in [-0.39, 0.29) is 65.1 Å². The van der Waals surface area contributed by atoms with E-state index in [0.717, 1.165) is 10.5 Å². The van der Waals surface area contributed by atoms with Crippen molar-refractivity contribution in [3.63, 3.8) is 0 Å². The third-order valence-corrected chi connectivity index (χ3v) is 14.6. The van der Waals surface area contributed by atoms with Crippen molar-refractivity contribution in [2.24, 2.45) is 13.0 Å². The fraction of sp³-hybridized carbons (Fsp3) is 0.333. The van der Waals surface area contributed by atoms with Crippen molar-refractivity contribution in [3.05, 3.63) is 102 Å². The normalized spacial score (nSPS) is 20.0. The number of nitrogen functional groups attached to an aromatic ring is 1. The molecule has 71 heavy (non-hydrogen) atoms.